The Morgan fingerprint density at radius 2 is 1.71 bits per heavy atom. The number of aryl methyl sites for hydroxylation is 1. The molecular formula is C29H36N2O7. The summed E-state index contributed by atoms with van der Waals surface area (Å²) < 4.78 is 21.9. The van der Waals surface area contributed by atoms with Gasteiger partial charge in [0.15, 0.2) is 11.5 Å². The van der Waals surface area contributed by atoms with E-state index in [9.17, 15) is 14.7 Å². The van der Waals surface area contributed by atoms with Gasteiger partial charge in [-0.1, -0.05) is 6.07 Å². The summed E-state index contributed by atoms with van der Waals surface area (Å²) in [7, 11) is 3.08. The molecule has 4 rings (SSSR count). The van der Waals surface area contributed by atoms with Gasteiger partial charge in [0, 0.05) is 31.7 Å². The number of carbonyl (C=O) groups is 2. The van der Waals surface area contributed by atoms with Crippen LogP contribution in [0.3, 0.4) is 0 Å². The molecule has 9 heteroatoms. The monoisotopic (exact) mass is 524 g/mol. The van der Waals surface area contributed by atoms with Gasteiger partial charge in [0.2, 0.25) is 0 Å². The number of methoxy groups -OCH3 is 2. The summed E-state index contributed by atoms with van der Waals surface area (Å²) in [6, 6.07) is 9.74. The lowest BCUT2D eigenvalue weighted by Crippen LogP contribution is -2.38. The number of hydrogen-bond acceptors (Lipinski definition) is 8. The molecule has 0 aromatic heterocycles. The maximum absolute atomic E-state index is 13.4. The fourth-order valence-electron chi connectivity index (χ4n) is 5.04. The molecule has 0 spiro atoms. The van der Waals surface area contributed by atoms with Gasteiger partial charge < -0.3 is 29.0 Å². The molecule has 1 unspecified atom stereocenters. The van der Waals surface area contributed by atoms with Gasteiger partial charge in [-0.15, -0.1) is 0 Å². The Morgan fingerprint density at radius 3 is 2.37 bits per heavy atom. The largest absolute Gasteiger partial charge is 0.507 e. The maximum Gasteiger partial charge on any atom is 0.295 e. The van der Waals surface area contributed by atoms with Crippen molar-refractivity contribution in [1.82, 2.24) is 9.80 Å². The smallest absolute Gasteiger partial charge is 0.295 e. The lowest BCUT2D eigenvalue weighted by atomic mass is 9.94. The van der Waals surface area contributed by atoms with E-state index >= 15 is 0 Å². The molecule has 2 heterocycles. The highest BCUT2D eigenvalue weighted by atomic mass is 16.5. The molecule has 38 heavy (non-hydrogen) atoms. The fraction of sp³-hybridized carbons (Fsp3) is 0.448. The van der Waals surface area contributed by atoms with Crippen LogP contribution in [-0.2, 0) is 14.3 Å². The van der Waals surface area contributed by atoms with Crippen LogP contribution in [0.4, 0.5) is 0 Å². The Morgan fingerprint density at radius 1 is 1.00 bits per heavy atom. The van der Waals surface area contributed by atoms with Crippen LogP contribution in [0.1, 0.15) is 36.1 Å². The Labute approximate surface area is 223 Å². The average molecular weight is 525 g/mol. The van der Waals surface area contributed by atoms with Crippen LogP contribution >= 0.6 is 0 Å². The van der Waals surface area contributed by atoms with Crippen LogP contribution in [0.2, 0.25) is 0 Å². The molecule has 1 amide bonds. The van der Waals surface area contributed by atoms with E-state index in [2.05, 4.69) is 4.90 Å². The van der Waals surface area contributed by atoms with E-state index in [0.29, 0.717) is 61.2 Å². The summed E-state index contributed by atoms with van der Waals surface area (Å²) in [5.74, 6) is 0.147. The highest BCUT2D eigenvalue weighted by molar-refractivity contribution is 6.46. The number of hydrogen-bond donors (Lipinski definition) is 1. The van der Waals surface area contributed by atoms with Crippen LogP contribution in [-0.4, -0.2) is 86.8 Å². The minimum Gasteiger partial charge on any atom is -0.507 e. The van der Waals surface area contributed by atoms with Crippen LogP contribution in [0.15, 0.2) is 42.0 Å². The minimum atomic E-state index is -0.772. The van der Waals surface area contributed by atoms with E-state index in [1.807, 2.05) is 13.8 Å². The SMILES string of the molecule is CCOc1ccc(/C(O)=C2\C(=O)C(=O)N(CCCN3CCOCC3)C2c2ccc(OC)c(OC)c2)cc1C. The van der Waals surface area contributed by atoms with E-state index in [1.54, 1.807) is 48.4 Å². The highest BCUT2D eigenvalue weighted by Crippen LogP contribution is 2.42. The van der Waals surface area contributed by atoms with Crippen molar-refractivity contribution < 1.29 is 33.6 Å². The quantitative estimate of drug-likeness (QED) is 0.286. The number of Topliss-reactive ketones (excluding diaryl/α,β-unsaturated/α-hetero) is 1. The lowest BCUT2D eigenvalue weighted by molar-refractivity contribution is -0.140. The van der Waals surface area contributed by atoms with E-state index in [-0.39, 0.29) is 11.3 Å². The zero-order valence-electron chi connectivity index (χ0n) is 22.5. The second-order valence-electron chi connectivity index (χ2n) is 9.33. The number of amides is 1. The van der Waals surface area contributed by atoms with Crippen molar-refractivity contribution in [3.05, 3.63) is 58.7 Å². The number of benzene rings is 2. The van der Waals surface area contributed by atoms with Crippen molar-refractivity contribution in [3.63, 3.8) is 0 Å². The second-order valence-corrected chi connectivity index (χ2v) is 9.33. The highest BCUT2D eigenvalue weighted by Gasteiger charge is 2.46. The topological polar surface area (TPSA) is 97.8 Å². The van der Waals surface area contributed by atoms with Crippen molar-refractivity contribution in [2.75, 3.05) is 60.2 Å². The van der Waals surface area contributed by atoms with E-state index in [4.69, 9.17) is 18.9 Å². The molecule has 1 atom stereocenters. The molecule has 2 saturated heterocycles. The normalized spacial score (nSPS) is 19.6. The zero-order valence-corrected chi connectivity index (χ0v) is 22.5. The Hall–Kier alpha value is -3.56. The molecule has 204 valence electrons. The number of rotatable bonds is 10. The van der Waals surface area contributed by atoms with Gasteiger partial charge in [-0.2, -0.15) is 0 Å². The van der Waals surface area contributed by atoms with Gasteiger partial charge in [0.25, 0.3) is 11.7 Å². The van der Waals surface area contributed by atoms with Gasteiger partial charge in [0.05, 0.1) is 45.7 Å². The molecule has 0 aliphatic carbocycles. The third-order valence-corrected chi connectivity index (χ3v) is 6.99. The van der Waals surface area contributed by atoms with E-state index in [0.717, 1.165) is 25.2 Å². The number of ether oxygens (including phenoxy) is 4. The van der Waals surface area contributed by atoms with E-state index < -0.39 is 17.7 Å². The number of morpholine rings is 1. The molecule has 0 saturated carbocycles. The molecule has 2 aliphatic rings. The number of likely N-dealkylation sites (tertiary alicyclic amines) is 1. The summed E-state index contributed by atoms with van der Waals surface area (Å²) in [6.45, 7) is 8.50. The molecule has 0 radical (unpaired) electrons. The molecular weight excluding hydrogens is 488 g/mol. The zero-order chi connectivity index (χ0) is 27.2. The van der Waals surface area contributed by atoms with Crippen LogP contribution in [0.5, 0.6) is 17.2 Å². The number of nitrogens with zero attached hydrogens (tertiary/aromatic N) is 2. The lowest BCUT2D eigenvalue weighted by Gasteiger charge is -2.29. The summed E-state index contributed by atoms with van der Waals surface area (Å²) in [6.07, 6.45) is 0.680. The maximum atomic E-state index is 13.4. The molecule has 2 aromatic carbocycles. The summed E-state index contributed by atoms with van der Waals surface area (Å²) in [5, 5.41) is 11.4. The first-order valence-electron chi connectivity index (χ1n) is 12.9. The molecule has 0 bridgehead atoms. The summed E-state index contributed by atoms with van der Waals surface area (Å²) in [4.78, 5) is 30.6. The molecule has 2 fully saturated rings. The Bertz CT molecular complexity index is 1200. The van der Waals surface area contributed by atoms with Crippen molar-refractivity contribution in [2.24, 2.45) is 0 Å². The minimum absolute atomic E-state index is 0.0529. The van der Waals surface area contributed by atoms with Gasteiger partial charge in [-0.05, 0) is 61.7 Å². The summed E-state index contributed by atoms with van der Waals surface area (Å²) >= 11 is 0. The van der Waals surface area contributed by atoms with Gasteiger partial charge in [-0.3, -0.25) is 14.5 Å². The third kappa shape index (κ3) is 5.63. The van der Waals surface area contributed by atoms with Crippen molar-refractivity contribution in [1.29, 1.82) is 0 Å². The first-order chi connectivity index (χ1) is 18.4. The molecule has 1 N–H and O–H groups in total. The van der Waals surface area contributed by atoms with Gasteiger partial charge in [-0.25, -0.2) is 0 Å². The molecule has 2 aliphatic heterocycles. The number of ketones is 1. The average Bonchev–Trinajstić information content (AvgIpc) is 3.19. The fourth-order valence-corrected chi connectivity index (χ4v) is 5.04. The number of carbonyl (C=O) groups excluding carboxylic acids is 2. The predicted octanol–water partition coefficient (Wildman–Crippen LogP) is 3.55. The van der Waals surface area contributed by atoms with Crippen molar-refractivity contribution in [2.45, 2.75) is 26.3 Å². The Balaban J connectivity index is 1.73. The van der Waals surface area contributed by atoms with Gasteiger partial charge >= 0.3 is 0 Å². The first-order valence-corrected chi connectivity index (χ1v) is 12.9. The molecule has 9 nitrogen and oxygen atoms in total. The second kappa shape index (κ2) is 12.3. The van der Waals surface area contributed by atoms with Crippen molar-refractivity contribution in [3.8, 4) is 17.2 Å². The predicted molar refractivity (Wildman–Crippen MR) is 143 cm³/mol. The molecule has 2 aromatic rings. The van der Waals surface area contributed by atoms with Crippen LogP contribution in [0.25, 0.3) is 5.76 Å². The Kier molecular flexibility index (Phi) is 8.91. The number of aliphatic hydroxyl groups is 1. The number of aliphatic hydroxyl groups excluding tert-OH is 1. The van der Waals surface area contributed by atoms with Crippen LogP contribution in [0, 0.1) is 6.92 Å². The van der Waals surface area contributed by atoms with Gasteiger partial charge in [0.1, 0.15) is 11.5 Å². The summed E-state index contributed by atoms with van der Waals surface area (Å²) in [5.41, 5.74) is 1.97. The van der Waals surface area contributed by atoms with Crippen molar-refractivity contribution >= 4 is 17.4 Å². The first kappa shape index (κ1) is 27.5. The van der Waals surface area contributed by atoms with E-state index in [1.165, 1.54) is 7.11 Å². The standard InChI is InChI=1S/C29H36N2O7/c1-5-38-22-9-8-21(17-19(22)2)27(32)25-26(20-7-10-23(35-3)24(18-20)36-4)31(29(34)28(25)33)12-6-11-30-13-15-37-16-14-30/h7-10,17-18,26,32H,5-6,11-16H2,1-4H3/b27-25+. The van der Waals surface area contributed by atoms with Crippen LogP contribution < -0.4 is 14.2 Å². The third-order valence-electron chi connectivity index (χ3n) is 6.99.